The molecule has 3 heterocycles. The fraction of sp³-hybridized carbons (Fsp3) is 0.923. The van der Waals surface area contributed by atoms with Crippen molar-refractivity contribution in [2.24, 2.45) is 0 Å². The Hall–Kier alpha value is -1.01. The quantitative estimate of drug-likeness (QED) is 0.780. The molecule has 106 valence electrons. The Balaban J connectivity index is 1.33. The Labute approximate surface area is 114 Å². The van der Waals surface area contributed by atoms with Crippen LogP contribution in [0.5, 0.6) is 0 Å². The van der Waals surface area contributed by atoms with E-state index in [1.165, 1.54) is 58.4 Å². The monoisotopic (exact) mass is 264 g/mol. The summed E-state index contributed by atoms with van der Waals surface area (Å²) in [5.41, 5.74) is 0. The van der Waals surface area contributed by atoms with Gasteiger partial charge in [0.05, 0.1) is 0 Å². The predicted octanol–water partition coefficient (Wildman–Crippen LogP) is 0.623. The summed E-state index contributed by atoms with van der Waals surface area (Å²) in [6.45, 7) is 7.30. The normalized spacial score (nSPS) is 23.2. The van der Waals surface area contributed by atoms with E-state index in [4.69, 9.17) is 0 Å². The zero-order valence-corrected chi connectivity index (χ0v) is 11.6. The van der Waals surface area contributed by atoms with E-state index < -0.39 is 0 Å². The molecule has 19 heavy (non-hydrogen) atoms. The molecule has 2 aliphatic rings. The molecular formula is C13H24N6. The summed E-state index contributed by atoms with van der Waals surface area (Å²) in [5, 5.41) is 11.2. The summed E-state index contributed by atoms with van der Waals surface area (Å²) < 4.78 is 1.82. The van der Waals surface area contributed by atoms with Crippen LogP contribution >= 0.6 is 0 Å². The molecule has 6 heteroatoms. The van der Waals surface area contributed by atoms with Crippen LogP contribution in [0, 0.1) is 0 Å². The van der Waals surface area contributed by atoms with Gasteiger partial charge in [0.15, 0.2) is 0 Å². The van der Waals surface area contributed by atoms with E-state index in [-0.39, 0.29) is 0 Å². The highest BCUT2D eigenvalue weighted by Gasteiger charge is 2.25. The third-order valence-electron chi connectivity index (χ3n) is 4.47. The molecule has 0 amide bonds. The molecule has 0 unspecified atom stereocenters. The van der Waals surface area contributed by atoms with Gasteiger partial charge in [-0.3, -0.25) is 0 Å². The summed E-state index contributed by atoms with van der Waals surface area (Å²) in [5.74, 6) is 0. The number of aromatic nitrogens is 4. The number of likely N-dealkylation sites (tertiary alicyclic amines) is 2. The van der Waals surface area contributed by atoms with E-state index in [1.54, 1.807) is 6.33 Å². The van der Waals surface area contributed by atoms with Crippen molar-refractivity contribution in [2.75, 3.05) is 32.7 Å². The second-order valence-corrected chi connectivity index (χ2v) is 5.74. The van der Waals surface area contributed by atoms with Crippen molar-refractivity contribution in [1.29, 1.82) is 0 Å². The standard InChI is InChI=1S/C13H24N6/c1-2-8-18(7-1)13-4-10-17(11-5-13)6-3-9-19-12-14-15-16-19/h12-13H,1-11H2. The van der Waals surface area contributed by atoms with Crippen molar-refractivity contribution < 1.29 is 0 Å². The molecule has 3 rings (SSSR count). The van der Waals surface area contributed by atoms with Crippen LogP contribution in [0.1, 0.15) is 32.1 Å². The molecule has 0 N–H and O–H groups in total. The van der Waals surface area contributed by atoms with Gasteiger partial charge in [-0.15, -0.1) is 5.10 Å². The minimum Gasteiger partial charge on any atom is -0.303 e. The average molecular weight is 264 g/mol. The molecule has 0 saturated carbocycles. The van der Waals surface area contributed by atoms with Crippen molar-refractivity contribution in [1.82, 2.24) is 30.0 Å². The van der Waals surface area contributed by atoms with E-state index in [0.717, 1.165) is 19.0 Å². The highest BCUT2D eigenvalue weighted by molar-refractivity contribution is 4.82. The van der Waals surface area contributed by atoms with E-state index in [9.17, 15) is 0 Å². The molecular weight excluding hydrogens is 240 g/mol. The van der Waals surface area contributed by atoms with Crippen LogP contribution in [0.3, 0.4) is 0 Å². The number of rotatable bonds is 5. The van der Waals surface area contributed by atoms with Gasteiger partial charge in [-0.1, -0.05) is 0 Å². The Morgan fingerprint density at radius 1 is 1.00 bits per heavy atom. The highest BCUT2D eigenvalue weighted by atomic mass is 15.5. The van der Waals surface area contributed by atoms with E-state index in [2.05, 4.69) is 25.3 Å². The van der Waals surface area contributed by atoms with Crippen molar-refractivity contribution >= 4 is 0 Å². The average Bonchev–Trinajstić information content (AvgIpc) is 3.13. The molecule has 1 aromatic heterocycles. The SMILES string of the molecule is c1nnnn1CCCN1CCC(N2CCCC2)CC1. The molecule has 0 atom stereocenters. The first-order valence-corrected chi connectivity index (χ1v) is 7.59. The first-order chi connectivity index (χ1) is 9.42. The molecule has 2 aliphatic heterocycles. The van der Waals surface area contributed by atoms with Crippen LogP contribution in [-0.2, 0) is 6.54 Å². The van der Waals surface area contributed by atoms with Crippen LogP contribution in [0.25, 0.3) is 0 Å². The maximum absolute atomic E-state index is 3.89. The lowest BCUT2D eigenvalue weighted by Gasteiger charge is -2.36. The second kappa shape index (κ2) is 6.43. The van der Waals surface area contributed by atoms with Crippen molar-refractivity contribution in [3.8, 4) is 0 Å². The lowest BCUT2D eigenvalue weighted by Crippen LogP contribution is -2.44. The molecule has 0 bridgehead atoms. The van der Waals surface area contributed by atoms with Crippen molar-refractivity contribution in [2.45, 2.75) is 44.7 Å². The summed E-state index contributed by atoms with van der Waals surface area (Å²) >= 11 is 0. The number of nitrogens with zero attached hydrogens (tertiary/aromatic N) is 6. The first-order valence-electron chi connectivity index (χ1n) is 7.59. The van der Waals surface area contributed by atoms with E-state index in [0.29, 0.717) is 0 Å². The largest absolute Gasteiger partial charge is 0.303 e. The number of tetrazole rings is 1. The van der Waals surface area contributed by atoms with E-state index in [1.807, 2.05) is 4.68 Å². The maximum Gasteiger partial charge on any atom is 0.138 e. The van der Waals surface area contributed by atoms with Crippen LogP contribution in [-0.4, -0.2) is 68.8 Å². The lowest BCUT2D eigenvalue weighted by molar-refractivity contribution is 0.125. The molecule has 1 aromatic rings. The van der Waals surface area contributed by atoms with Gasteiger partial charge in [0.2, 0.25) is 0 Å². The summed E-state index contributed by atoms with van der Waals surface area (Å²) in [7, 11) is 0. The number of aryl methyl sites for hydroxylation is 1. The Morgan fingerprint density at radius 2 is 1.79 bits per heavy atom. The number of hydrogen-bond donors (Lipinski definition) is 0. The molecule has 0 spiro atoms. The van der Waals surface area contributed by atoms with E-state index >= 15 is 0 Å². The van der Waals surface area contributed by atoms with Gasteiger partial charge in [0.1, 0.15) is 6.33 Å². The van der Waals surface area contributed by atoms with Gasteiger partial charge in [0.25, 0.3) is 0 Å². The third-order valence-corrected chi connectivity index (χ3v) is 4.47. The highest BCUT2D eigenvalue weighted by Crippen LogP contribution is 2.21. The maximum atomic E-state index is 3.89. The second-order valence-electron chi connectivity index (χ2n) is 5.74. The smallest absolute Gasteiger partial charge is 0.138 e. The van der Waals surface area contributed by atoms with Crippen LogP contribution in [0.15, 0.2) is 6.33 Å². The van der Waals surface area contributed by atoms with Gasteiger partial charge in [-0.05, 0) is 75.3 Å². The molecule has 6 nitrogen and oxygen atoms in total. The van der Waals surface area contributed by atoms with Crippen molar-refractivity contribution in [3.63, 3.8) is 0 Å². The molecule has 2 fully saturated rings. The zero-order chi connectivity index (χ0) is 12.9. The molecule has 2 saturated heterocycles. The Bertz CT molecular complexity index is 351. The van der Waals surface area contributed by atoms with Gasteiger partial charge >= 0.3 is 0 Å². The summed E-state index contributed by atoms with van der Waals surface area (Å²) in [6.07, 6.45) is 8.35. The first kappa shape index (κ1) is 13.0. The van der Waals surface area contributed by atoms with Crippen LogP contribution in [0.4, 0.5) is 0 Å². The topological polar surface area (TPSA) is 50.1 Å². The van der Waals surface area contributed by atoms with Crippen molar-refractivity contribution in [3.05, 3.63) is 6.33 Å². The minimum atomic E-state index is 0.860. The third kappa shape index (κ3) is 3.51. The molecule has 0 aromatic carbocycles. The summed E-state index contributed by atoms with van der Waals surface area (Å²) in [4.78, 5) is 5.30. The molecule has 0 aliphatic carbocycles. The fourth-order valence-electron chi connectivity index (χ4n) is 3.35. The number of hydrogen-bond acceptors (Lipinski definition) is 5. The van der Waals surface area contributed by atoms with Crippen LogP contribution in [0.2, 0.25) is 0 Å². The lowest BCUT2D eigenvalue weighted by atomic mass is 10.0. The minimum absolute atomic E-state index is 0.860. The predicted molar refractivity (Wildman–Crippen MR) is 72.7 cm³/mol. The fourth-order valence-corrected chi connectivity index (χ4v) is 3.35. The molecule has 0 radical (unpaired) electrons. The van der Waals surface area contributed by atoms with Gasteiger partial charge in [-0.2, -0.15) is 0 Å². The number of piperidine rings is 1. The Morgan fingerprint density at radius 3 is 2.47 bits per heavy atom. The Kier molecular flexibility index (Phi) is 4.40. The zero-order valence-electron chi connectivity index (χ0n) is 11.6. The van der Waals surface area contributed by atoms with Gasteiger partial charge in [-0.25, -0.2) is 4.68 Å². The van der Waals surface area contributed by atoms with Crippen LogP contribution < -0.4 is 0 Å². The van der Waals surface area contributed by atoms with Gasteiger partial charge in [0, 0.05) is 12.6 Å². The summed E-state index contributed by atoms with van der Waals surface area (Å²) in [6, 6.07) is 0.860. The van der Waals surface area contributed by atoms with Gasteiger partial charge < -0.3 is 9.80 Å².